The van der Waals surface area contributed by atoms with E-state index in [0.717, 1.165) is 73.0 Å². The Bertz CT molecular complexity index is 928. The second-order valence-electron chi connectivity index (χ2n) is 8.26. The van der Waals surface area contributed by atoms with Crippen molar-refractivity contribution in [1.29, 1.82) is 0 Å². The molecule has 1 amide bonds. The van der Waals surface area contributed by atoms with Gasteiger partial charge in [0.05, 0.1) is 19.7 Å². The standard InChI is InChI=1S/C23H35N5O3.HI/c1-15(2)22(29)28-10-8-17(14-28)27-23(24-3)25-9-6-7-16-11-19-20(26-16)12-18(30-4)13-21(19)31-5;/h11-13,15,17,26H,6-10,14H2,1-5H3,(H2,24,25,27);1H. The molecule has 1 aliphatic heterocycles. The summed E-state index contributed by atoms with van der Waals surface area (Å²) < 4.78 is 10.8. The molecule has 8 nitrogen and oxygen atoms in total. The Labute approximate surface area is 207 Å². The van der Waals surface area contributed by atoms with Gasteiger partial charge in [-0.25, -0.2) is 0 Å². The smallest absolute Gasteiger partial charge is 0.225 e. The van der Waals surface area contributed by atoms with Gasteiger partial charge in [-0.2, -0.15) is 0 Å². The van der Waals surface area contributed by atoms with Gasteiger partial charge in [-0.05, 0) is 25.3 Å². The van der Waals surface area contributed by atoms with Crippen molar-refractivity contribution in [2.24, 2.45) is 10.9 Å². The van der Waals surface area contributed by atoms with Crippen molar-refractivity contribution in [3.63, 3.8) is 0 Å². The first-order valence-corrected chi connectivity index (χ1v) is 10.9. The maximum Gasteiger partial charge on any atom is 0.225 e. The van der Waals surface area contributed by atoms with Crippen LogP contribution in [-0.4, -0.2) is 68.7 Å². The number of hydrogen-bond acceptors (Lipinski definition) is 4. The van der Waals surface area contributed by atoms with Crippen molar-refractivity contribution in [1.82, 2.24) is 20.5 Å². The van der Waals surface area contributed by atoms with Gasteiger partial charge >= 0.3 is 0 Å². The molecule has 0 spiro atoms. The van der Waals surface area contributed by atoms with Crippen LogP contribution in [0.4, 0.5) is 0 Å². The summed E-state index contributed by atoms with van der Waals surface area (Å²) >= 11 is 0. The average molecular weight is 557 g/mol. The number of amides is 1. The molecule has 32 heavy (non-hydrogen) atoms. The van der Waals surface area contributed by atoms with Gasteiger partial charge in [0, 0.05) is 61.9 Å². The van der Waals surface area contributed by atoms with E-state index in [-0.39, 0.29) is 41.8 Å². The van der Waals surface area contributed by atoms with Gasteiger partial charge in [0.2, 0.25) is 5.91 Å². The molecule has 1 aromatic heterocycles. The summed E-state index contributed by atoms with van der Waals surface area (Å²) in [5.74, 6) is 2.63. The summed E-state index contributed by atoms with van der Waals surface area (Å²) in [4.78, 5) is 21.9. The van der Waals surface area contributed by atoms with E-state index in [2.05, 4.69) is 26.7 Å². The molecule has 178 valence electrons. The fraction of sp³-hybridized carbons (Fsp3) is 0.565. The number of halogens is 1. The van der Waals surface area contributed by atoms with E-state index < -0.39 is 0 Å². The summed E-state index contributed by atoms with van der Waals surface area (Å²) in [5, 5.41) is 7.89. The minimum absolute atomic E-state index is 0. The van der Waals surface area contributed by atoms with Crippen LogP contribution >= 0.6 is 24.0 Å². The molecule has 0 bridgehead atoms. The van der Waals surface area contributed by atoms with Gasteiger partial charge in [0.15, 0.2) is 5.96 Å². The molecule has 1 saturated heterocycles. The van der Waals surface area contributed by atoms with Crippen molar-refractivity contribution in [3.05, 3.63) is 23.9 Å². The highest BCUT2D eigenvalue weighted by atomic mass is 127. The zero-order valence-electron chi connectivity index (χ0n) is 19.7. The van der Waals surface area contributed by atoms with Crippen molar-refractivity contribution in [3.8, 4) is 11.5 Å². The highest BCUT2D eigenvalue weighted by Crippen LogP contribution is 2.31. The second-order valence-corrected chi connectivity index (χ2v) is 8.26. The third kappa shape index (κ3) is 6.43. The molecule has 1 fully saturated rings. The lowest BCUT2D eigenvalue weighted by Gasteiger charge is -2.20. The zero-order valence-corrected chi connectivity index (χ0v) is 22.0. The van der Waals surface area contributed by atoms with Crippen molar-refractivity contribution in [2.75, 3.05) is 40.9 Å². The quantitative estimate of drug-likeness (QED) is 0.201. The molecule has 9 heteroatoms. The number of aliphatic imine (C=N–C) groups is 1. The Morgan fingerprint density at radius 2 is 2.06 bits per heavy atom. The number of nitrogens with zero attached hydrogens (tertiary/aromatic N) is 2. The number of carbonyl (C=O) groups is 1. The Kier molecular flexibility index (Phi) is 9.92. The van der Waals surface area contributed by atoms with Gasteiger partial charge < -0.3 is 30.0 Å². The van der Waals surface area contributed by atoms with Crippen molar-refractivity contribution in [2.45, 2.75) is 39.2 Å². The number of likely N-dealkylation sites (tertiary alicyclic amines) is 1. The summed E-state index contributed by atoms with van der Waals surface area (Å²) in [6, 6.07) is 6.26. The lowest BCUT2D eigenvalue weighted by atomic mass is 10.2. The van der Waals surface area contributed by atoms with Crippen LogP contribution in [0, 0.1) is 5.92 Å². The topological polar surface area (TPSA) is 91.0 Å². The Morgan fingerprint density at radius 3 is 2.72 bits per heavy atom. The fourth-order valence-corrected chi connectivity index (χ4v) is 3.98. The number of aromatic nitrogens is 1. The van der Waals surface area contributed by atoms with E-state index in [1.165, 1.54) is 0 Å². The van der Waals surface area contributed by atoms with Gasteiger partial charge in [-0.3, -0.25) is 9.79 Å². The predicted molar refractivity (Wildman–Crippen MR) is 139 cm³/mol. The van der Waals surface area contributed by atoms with E-state index >= 15 is 0 Å². The zero-order chi connectivity index (χ0) is 22.4. The normalized spacial score (nSPS) is 16.2. The van der Waals surface area contributed by atoms with Crippen LogP contribution in [0.1, 0.15) is 32.4 Å². The number of aryl methyl sites for hydroxylation is 1. The van der Waals surface area contributed by atoms with E-state index in [0.29, 0.717) is 0 Å². The van der Waals surface area contributed by atoms with Crippen LogP contribution < -0.4 is 20.1 Å². The van der Waals surface area contributed by atoms with E-state index in [4.69, 9.17) is 9.47 Å². The van der Waals surface area contributed by atoms with Crippen molar-refractivity contribution < 1.29 is 14.3 Å². The summed E-state index contributed by atoms with van der Waals surface area (Å²) in [6.45, 7) is 6.24. The molecule has 1 atom stereocenters. The molecule has 1 aliphatic rings. The SMILES string of the molecule is CN=C(NCCCc1cc2c(OC)cc(OC)cc2[nH]1)NC1CCN(C(=O)C(C)C)C1.I. The van der Waals surface area contributed by atoms with E-state index in [1.54, 1.807) is 21.3 Å². The van der Waals surface area contributed by atoms with Crippen molar-refractivity contribution >= 4 is 46.7 Å². The summed E-state index contributed by atoms with van der Waals surface area (Å²) in [6.07, 6.45) is 2.80. The highest BCUT2D eigenvalue weighted by molar-refractivity contribution is 14.0. The minimum atomic E-state index is 0. The maximum absolute atomic E-state index is 12.2. The third-order valence-corrected chi connectivity index (χ3v) is 5.66. The number of ether oxygens (including phenoxy) is 2. The van der Waals surface area contributed by atoms with Crippen LogP contribution in [0.2, 0.25) is 0 Å². The second kappa shape index (κ2) is 12.2. The number of methoxy groups -OCH3 is 2. The lowest BCUT2D eigenvalue weighted by molar-refractivity contribution is -0.133. The Balaban J connectivity index is 0.00000363. The van der Waals surface area contributed by atoms with Gasteiger partial charge in [0.25, 0.3) is 0 Å². The summed E-state index contributed by atoms with van der Waals surface area (Å²) in [7, 11) is 5.10. The fourth-order valence-electron chi connectivity index (χ4n) is 3.98. The molecule has 1 unspecified atom stereocenters. The Morgan fingerprint density at radius 1 is 1.28 bits per heavy atom. The summed E-state index contributed by atoms with van der Waals surface area (Å²) in [5.41, 5.74) is 2.17. The number of fused-ring (bicyclic) bond motifs is 1. The largest absolute Gasteiger partial charge is 0.497 e. The van der Waals surface area contributed by atoms with Crippen LogP contribution in [0.15, 0.2) is 23.2 Å². The van der Waals surface area contributed by atoms with Gasteiger partial charge in [-0.1, -0.05) is 13.8 Å². The highest BCUT2D eigenvalue weighted by Gasteiger charge is 2.27. The van der Waals surface area contributed by atoms with E-state index in [9.17, 15) is 4.79 Å². The van der Waals surface area contributed by atoms with Crippen LogP contribution in [-0.2, 0) is 11.2 Å². The molecule has 0 radical (unpaired) electrons. The van der Waals surface area contributed by atoms with Gasteiger partial charge in [0.1, 0.15) is 11.5 Å². The molecular formula is C23H36IN5O3. The van der Waals surface area contributed by atoms with Crippen LogP contribution in [0.5, 0.6) is 11.5 Å². The van der Waals surface area contributed by atoms with Crippen LogP contribution in [0.25, 0.3) is 10.9 Å². The Hall–Kier alpha value is -2.17. The molecule has 3 N–H and O–H groups in total. The number of carbonyl (C=O) groups excluding carboxylic acids is 1. The number of guanidine groups is 1. The molecule has 3 rings (SSSR count). The van der Waals surface area contributed by atoms with Crippen LogP contribution in [0.3, 0.4) is 0 Å². The first kappa shape index (κ1) is 26.1. The maximum atomic E-state index is 12.2. The number of aromatic amines is 1. The first-order valence-electron chi connectivity index (χ1n) is 10.9. The molecule has 0 aliphatic carbocycles. The predicted octanol–water partition coefficient (Wildman–Crippen LogP) is 3.16. The molecular weight excluding hydrogens is 521 g/mol. The number of nitrogens with one attached hydrogen (secondary N) is 3. The first-order chi connectivity index (χ1) is 14.9. The average Bonchev–Trinajstić information content (AvgIpc) is 3.40. The molecule has 2 heterocycles. The third-order valence-electron chi connectivity index (χ3n) is 5.66. The van der Waals surface area contributed by atoms with E-state index in [1.807, 2.05) is 30.9 Å². The van der Waals surface area contributed by atoms with Gasteiger partial charge in [-0.15, -0.1) is 24.0 Å². The molecule has 0 saturated carbocycles. The molecule has 2 aromatic rings. The minimum Gasteiger partial charge on any atom is -0.497 e. The monoisotopic (exact) mass is 557 g/mol. The number of hydrogen-bond donors (Lipinski definition) is 3. The number of rotatable bonds is 8. The number of H-pyrrole nitrogens is 1. The number of benzene rings is 1. The lowest BCUT2D eigenvalue weighted by Crippen LogP contribution is -2.45. The molecule has 1 aromatic carbocycles.